The van der Waals surface area contributed by atoms with Gasteiger partial charge in [-0.05, 0) is 43.2 Å². The molecule has 2 aromatic rings. The third-order valence-electron chi connectivity index (χ3n) is 4.65. The quantitative estimate of drug-likeness (QED) is 0.758. The molecule has 0 bridgehead atoms. The van der Waals surface area contributed by atoms with Gasteiger partial charge < -0.3 is 9.47 Å². The maximum Gasteiger partial charge on any atom is 0.417 e. The SMILES string of the molecule is CC(C)S(=O)(=O)N[C@@H]1COC[C@@H]1Oc1ccc(-c2ccccc2C(F)(F)F)cc1. The predicted molar refractivity (Wildman–Crippen MR) is 103 cm³/mol. The van der Waals surface area contributed by atoms with Crippen LogP contribution >= 0.6 is 0 Å². The molecule has 5 nitrogen and oxygen atoms in total. The van der Waals surface area contributed by atoms with E-state index < -0.39 is 39.2 Å². The Labute approximate surface area is 167 Å². The first-order valence-corrected chi connectivity index (χ1v) is 10.6. The summed E-state index contributed by atoms with van der Waals surface area (Å²) in [4.78, 5) is 0. The zero-order valence-electron chi connectivity index (χ0n) is 15.9. The van der Waals surface area contributed by atoms with Crippen LogP contribution in [0, 0.1) is 0 Å². The summed E-state index contributed by atoms with van der Waals surface area (Å²) in [6.45, 7) is 3.55. The molecule has 3 rings (SSSR count). The van der Waals surface area contributed by atoms with Crippen molar-refractivity contribution in [2.75, 3.05) is 13.2 Å². The second kappa shape index (κ2) is 8.33. The Balaban J connectivity index is 1.75. The molecule has 0 aromatic heterocycles. The highest BCUT2D eigenvalue weighted by molar-refractivity contribution is 7.90. The maximum atomic E-state index is 13.2. The molecule has 0 radical (unpaired) electrons. The highest BCUT2D eigenvalue weighted by Crippen LogP contribution is 2.37. The Morgan fingerprint density at radius 1 is 1.07 bits per heavy atom. The maximum absolute atomic E-state index is 13.2. The van der Waals surface area contributed by atoms with Crippen molar-refractivity contribution in [1.82, 2.24) is 4.72 Å². The predicted octanol–water partition coefficient (Wildman–Crippen LogP) is 3.85. The van der Waals surface area contributed by atoms with Crippen LogP contribution in [0.5, 0.6) is 5.75 Å². The van der Waals surface area contributed by atoms with E-state index >= 15 is 0 Å². The Kier molecular flexibility index (Phi) is 6.21. The van der Waals surface area contributed by atoms with Gasteiger partial charge in [0.2, 0.25) is 10.0 Å². The summed E-state index contributed by atoms with van der Waals surface area (Å²) in [7, 11) is -3.48. The largest absolute Gasteiger partial charge is 0.486 e. The van der Waals surface area contributed by atoms with Crippen LogP contribution in [0.2, 0.25) is 0 Å². The van der Waals surface area contributed by atoms with E-state index in [4.69, 9.17) is 9.47 Å². The van der Waals surface area contributed by atoms with E-state index in [0.717, 1.165) is 6.07 Å². The van der Waals surface area contributed by atoms with Gasteiger partial charge in [-0.3, -0.25) is 0 Å². The molecule has 1 N–H and O–H groups in total. The van der Waals surface area contributed by atoms with Crippen molar-refractivity contribution in [1.29, 1.82) is 0 Å². The van der Waals surface area contributed by atoms with Crippen LogP contribution in [0.1, 0.15) is 19.4 Å². The molecule has 1 saturated heterocycles. The number of alkyl halides is 3. The molecular weight excluding hydrogens is 407 g/mol. The number of nitrogens with one attached hydrogen (secondary N) is 1. The minimum Gasteiger partial charge on any atom is -0.486 e. The summed E-state index contributed by atoms with van der Waals surface area (Å²) in [5, 5.41) is -0.586. The average Bonchev–Trinajstić information content (AvgIpc) is 3.07. The van der Waals surface area contributed by atoms with E-state index in [1.807, 2.05) is 0 Å². The van der Waals surface area contributed by atoms with Crippen LogP contribution in [-0.2, 0) is 20.9 Å². The normalized spacial score (nSPS) is 20.2. The number of ether oxygens (including phenoxy) is 2. The smallest absolute Gasteiger partial charge is 0.417 e. The first-order chi connectivity index (χ1) is 13.6. The molecule has 0 aliphatic carbocycles. The molecule has 2 aromatic carbocycles. The van der Waals surface area contributed by atoms with Crippen LogP contribution in [0.15, 0.2) is 48.5 Å². The highest BCUT2D eigenvalue weighted by Gasteiger charge is 2.35. The highest BCUT2D eigenvalue weighted by atomic mass is 32.2. The minimum absolute atomic E-state index is 0.0818. The Morgan fingerprint density at radius 3 is 2.34 bits per heavy atom. The lowest BCUT2D eigenvalue weighted by Gasteiger charge is -2.22. The Bertz CT molecular complexity index is 943. The summed E-state index contributed by atoms with van der Waals surface area (Å²) < 4.78 is 77.6. The van der Waals surface area contributed by atoms with Crippen LogP contribution < -0.4 is 9.46 Å². The standard InChI is InChI=1S/C20H22F3NO4S/c1-13(2)29(25,26)24-18-11-27-12-19(18)28-15-9-7-14(8-10-15)16-5-3-4-6-17(16)20(21,22)23/h3-10,13,18-19,24H,11-12H2,1-2H3/t18-,19+/m1/s1. The molecule has 1 aliphatic rings. The fourth-order valence-electron chi connectivity index (χ4n) is 2.98. The van der Waals surface area contributed by atoms with E-state index in [-0.39, 0.29) is 18.8 Å². The summed E-state index contributed by atoms with van der Waals surface area (Å²) in [6.07, 6.45) is -4.98. The van der Waals surface area contributed by atoms with Gasteiger partial charge in [-0.1, -0.05) is 30.3 Å². The minimum atomic E-state index is -4.45. The monoisotopic (exact) mass is 429 g/mol. The van der Waals surface area contributed by atoms with E-state index in [9.17, 15) is 21.6 Å². The van der Waals surface area contributed by atoms with Crippen molar-refractivity contribution in [3.63, 3.8) is 0 Å². The number of hydrogen-bond acceptors (Lipinski definition) is 4. The van der Waals surface area contributed by atoms with Gasteiger partial charge in [-0.25, -0.2) is 13.1 Å². The lowest BCUT2D eigenvalue weighted by atomic mass is 9.99. The molecule has 2 atom stereocenters. The van der Waals surface area contributed by atoms with Gasteiger partial charge >= 0.3 is 6.18 Å². The van der Waals surface area contributed by atoms with Crippen molar-refractivity contribution in [2.45, 2.75) is 37.4 Å². The number of sulfonamides is 1. The second-order valence-corrected chi connectivity index (χ2v) is 9.35. The molecule has 1 heterocycles. The first kappa shape index (κ1) is 21.6. The first-order valence-electron chi connectivity index (χ1n) is 9.10. The number of halogens is 3. The Hall–Kier alpha value is -2.10. The van der Waals surface area contributed by atoms with Crippen LogP contribution in [0.25, 0.3) is 11.1 Å². The zero-order valence-corrected chi connectivity index (χ0v) is 16.8. The molecule has 0 spiro atoms. The van der Waals surface area contributed by atoms with E-state index in [0.29, 0.717) is 11.3 Å². The van der Waals surface area contributed by atoms with Gasteiger partial charge in [-0.2, -0.15) is 13.2 Å². The van der Waals surface area contributed by atoms with Gasteiger partial charge in [0.1, 0.15) is 11.9 Å². The van der Waals surface area contributed by atoms with Crippen LogP contribution in [0.4, 0.5) is 13.2 Å². The van der Waals surface area contributed by atoms with Gasteiger partial charge in [0.05, 0.1) is 30.1 Å². The van der Waals surface area contributed by atoms with Crippen molar-refractivity contribution < 1.29 is 31.1 Å². The van der Waals surface area contributed by atoms with Crippen molar-refractivity contribution >= 4 is 10.0 Å². The van der Waals surface area contributed by atoms with Gasteiger partial charge in [0.15, 0.2) is 0 Å². The number of rotatable bonds is 6. The fourth-order valence-corrected chi connectivity index (χ4v) is 3.89. The van der Waals surface area contributed by atoms with E-state index in [2.05, 4.69) is 4.72 Å². The third kappa shape index (κ3) is 5.09. The number of hydrogen-bond donors (Lipinski definition) is 1. The van der Waals surface area contributed by atoms with Crippen LogP contribution in [0.3, 0.4) is 0 Å². The zero-order chi connectivity index (χ0) is 21.2. The molecular formula is C20H22F3NO4S. The van der Waals surface area contributed by atoms with E-state index in [1.54, 1.807) is 44.2 Å². The van der Waals surface area contributed by atoms with Crippen molar-refractivity contribution in [3.8, 4) is 16.9 Å². The van der Waals surface area contributed by atoms with Crippen LogP contribution in [-0.4, -0.2) is 39.0 Å². The molecule has 0 saturated carbocycles. The van der Waals surface area contributed by atoms with E-state index in [1.165, 1.54) is 12.1 Å². The molecule has 158 valence electrons. The summed E-state index contributed by atoms with van der Waals surface area (Å²) >= 11 is 0. The lowest BCUT2D eigenvalue weighted by molar-refractivity contribution is -0.137. The third-order valence-corrected chi connectivity index (χ3v) is 6.52. The van der Waals surface area contributed by atoms with Gasteiger partial charge in [0.25, 0.3) is 0 Å². The molecule has 0 amide bonds. The van der Waals surface area contributed by atoms with Gasteiger partial charge in [-0.15, -0.1) is 0 Å². The molecule has 0 unspecified atom stereocenters. The lowest BCUT2D eigenvalue weighted by Crippen LogP contribution is -2.47. The average molecular weight is 429 g/mol. The molecule has 1 aliphatic heterocycles. The second-order valence-electron chi connectivity index (χ2n) is 7.08. The van der Waals surface area contributed by atoms with Gasteiger partial charge in [0, 0.05) is 0 Å². The fraction of sp³-hybridized carbons (Fsp3) is 0.400. The summed E-state index contributed by atoms with van der Waals surface area (Å²) in [5.74, 6) is 0.419. The molecule has 1 fully saturated rings. The number of benzene rings is 2. The Morgan fingerprint density at radius 2 is 1.72 bits per heavy atom. The molecule has 9 heteroatoms. The molecule has 29 heavy (non-hydrogen) atoms. The summed E-state index contributed by atoms with van der Waals surface area (Å²) in [6, 6.07) is 11.0. The summed E-state index contributed by atoms with van der Waals surface area (Å²) in [5.41, 5.74) is -0.218. The topological polar surface area (TPSA) is 64.6 Å². The van der Waals surface area contributed by atoms with Crippen molar-refractivity contribution in [3.05, 3.63) is 54.1 Å². The van der Waals surface area contributed by atoms with Crippen molar-refractivity contribution in [2.24, 2.45) is 0 Å².